The van der Waals surface area contributed by atoms with Crippen molar-refractivity contribution in [2.24, 2.45) is 0 Å². The van der Waals surface area contributed by atoms with Crippen LogP contribution in [0.5, 0.6) is 0 Å². The van der Waals surface area contributed by atoms with Gasteiger partial charge < -0.3 is 86.3 Å². The first-order valence-electron chi connectivity index (χ1n) is 5.86. The maximum atomic E-state index is 8.74. The van der Waals surface area contributed by atoms with Gasteiger partial charge in [-0.05, 0) is 0 Å². The van der Waals surface area contributed by atoms with Gasteiger partial charge in [-0.2, -0.15) is 0 Å². The van der Waals surface area contributed by atoms with Crippen LogP contribution in [0.1, 0.15) is 0 Å². The van der Waals surface area contributed by atoms with E-state index in [2.05, 4.69) is 0 Å². The standard InChI is InChI=1S/2Na.9H2O3Si.2H/c;;9*1-4(2)3;;/h;;9*1-2H;;. The monoisotopic (exact) mass is 750 g/mol. The van der Waals surface area contributed by atoms with Gasteiger partial charge in [-0.25, -0.2) is 0 Å². The quantitative estimate of drug-likeness (QED) is 0.102. The van der Waals surface area contributed by atoms with Gasteiger partial charge in [0, 0.05) is 0 Å². The van der Waals surface area contributed by atoms with E-state index in [4.69, 9.17) is 126 Å². The molecule has 0 aromatic carbocycles. The van der Waals surface area contributed by atoms with E-state index in [1.54, 1.807) is 0 Å². The van der Waals surface area contributed by atoms with Crippen molar-refractivity contribution < 1.29 is 126 Å². The molecular formula is H20Na2O27Si9. The molecule has 18 N–H and O–H groups in total. The fourth-order valence-corrected chi connectivity index (χ4v) is 0. The Morgan fingerprint density at radius 2 is 0.184 bits per heavy atom. The first-order chi connectivity index (χ1) is 15.6. The Bertz CT molecular complexity index is 419. The molecular weight excluding hydrogens is 731 g/mol. The molecule has 0 aromatic rings. The zero-order valence-corrected chi connectivity index (χ0v) is 25.2. The SMILES string of the molecule is O=[Si](O)O.O=[Si](O)O.O=[Si](O)O.O=[Si](O)O.O=[Si](O)O.O=[Si](O)O.O=[Si](O)O.O=[Si](O)O.O=[Si](O)O.[NaH].[NaH]. The molecule has 0 heterocycles. The number of rotatable bonds is 0. The van der Waals surface area contributed by atoms with Crippen molar-refractivity contribution in [2.75, 3.05) is 0 Å². The van der Waals surface area contributed by atoms with Crippen LogP contribution in [-0.2, 0) is 40.2 Å². The molecule has 0 aliphatic rings. The topological polar surface area (TPSA) is 518 Å². The maximum absolute atomic E-state index is 8.74. The molecule has 0 aliphatic heterocycles. The molecule has 0 rings (SSSR count). The summed E-state index contributed by atoms with van der Waals surface area (Å²) in [5.41, 5.74) is 0. The second-order valence-electron chi connectivity index (χ2n) is 2.54. The Morgan fingerprint density at radius 1 is 0.184 bits per heavy atom. The molecule has 0 saturated heterocycles. The van der Waals surface area contributed by atoms with Gasteiger partial charge in [0.1, 0.15) is 0 Å². The summed E-state index contributed by atoms with van der Waals surface area (Å²) >= 11 is 0. The van der Waals surface area contributed by atoms with E-state index in [0.29, 0.717) is 0 Å². The third-order valence-corrected chi connectivity index (χ3v) is 0. The van der Waals surface area contributed by atoms with Crippen molar-refractivity contribution >= 4 is 142 Å². The molecule has 0 aliphatic carbocycles. The molecule has 0 atom stereocenters. The molecule has 0 amide bonds. The summed E-state index contributed by atoms with van der Waals surface area (Å²) in [7, 11) is -28.2. The summed E-state index contributed by atoms with van der Waals surface area (Å²) in [6.45, 7) is 0. The van der Waals surface area contributed by atoms with Crippen LogP contribution in [-0.4, -0.2) is 228 Å². The van der Waals surface area contributed by atoms with Crippen molar-refractivity contribution in [1.82, 2.24) is 0 Å². The van der Waals surface area contributed by atoms with Crippen LogP contribution in [0.15, 0.2) is 0 Å². The summed E-state index contributed by atoms with van der Waals surface area (Å²) in [6.07, 6.45) is 0. The molecule has 0 saturated carbocycles. The van der Waals surface area contributed by atoms with Crippen molar-refractivity contribution in [3.63, 3.8) is 0 Å². The molecule has 38 heteroatoms. The van der Waals surface area contributed by atoms with Gasteiger partial charge in [0.15, 0.2) is 0 Å². The van der Waals surface area contributed by atoms with Crippen LogP contribution in [0.2, 0.25) is 0 Å². The van der Waals surface area contributed by atoms with Crippen molar-refractivity contribution in [3.05, 3.63) is 0 Å². The minimum absolute atomic E-state index is 0. The fraction of sp³-hybridized carbons (Fsp3) is 0. The Kier molecular flexibility index (Phi) is 121. The number of hydrogen-bond acceptors (Lipinski definition) is 9. The summed E-state index contributed by atoms with van der Waals surface area (Å²) in [4.78, 5) is 129. The Morgan fingerprint density at radius 3 is 0.184 bits per heavy atom. The summed E-state index contributed by atoms with van der Waals surface area (Å²) in [5, 5.41) is 0. The predicted molar refractivity (Wildman–Crippen MR) is 112 cm³/mol. The average molecular weight is 751 g/mol. The molecule has 27 nitrogen and oxygen atoms in total. The normalized spacial score (nSPS) is 5.68. The van der Waals surface area contributed by atoms with E-state index >= 15 is 0 Å². The molecule has 220 valence electrons. The molecule has 0 radical (unpaired) electrons. The zero-order valence-electron chi connectivity index (χ0n) is 16.2. The molecule has 38 heavy (non-hydrogen) atoms. The molecule has 0 bridgehead atoms. The Hall–Kier alpha value is -1.45. The van der Waals surface area contributed by atoms with Crippen LogP contribution < -0.4 is 0 Å². The predicted octanol–water partition coefficient (Wildman–Crippen LogP) is -15.8. The van der Waals surface area contributed by atoms with E-state index in [0.717, 1.165) is 0 Å². The summed E-state index contributed by atoms with van der Waals surface area (Å²) in [6, 6.07) is 0. The third kappa shape index (κ3) is 18500. The van der Waals surface area contributed by atoms with E-state index < -0.39 is 82.5 Å². The number of hydrogen-bond donors (Lipinski definition) is 18. The van der Waals surface area contributed by atoms with Crippen LogP contribution in [0.25, 0.3) is 0 Å². The summed E-state index contributed by atoms with van der Waals surface area (Å²) < 4.78 is 78.7. The van der Waals surface area contributed by atoms with E-state index in [-0.39, 0.29) is 59.1 Å². The zero-order chi connectivity index (χ0) is 32.2. The molecule has 0 aromatic heterocycles. The Labute approximate surface area is 266 Å². The van der Waals surface area contributed by atoms with Gasteiger partial charge >= 0.3 is 142 Å². The second kappa shape index (κ2) is 65.0. The van der Waals surface area contributed by atoms with Gasteiger partial charge in [0.05, 0.1) is 0 Å². The van der Waals surface area contributed by atoms with Crippen molar-refractivity contribution in [2.45, 2.75) is 0 Å². The third-order valence-electron chi connectivity index (χ3n) is 0. The average Bonchev–Trinajstić information content (AvgIpc) is 2.39. The van der Waals surface area contributed by atoms with Crippen LogP contribution in [0.3, 0.4) is 0 Å². The molecule has 0 unspecified atom stereocenters. The fourth-order valence-electron chi connectivity index (χ4n) is 0. The van der Waals surface area contributed by atoms with Crippen LogP contribution in [0, 0.1) is 0 Å². The second-order valence-corrected chi connectivity index (χ2v) is 7.63. The van der Waals surface area contributed by atoms with Crippen LogP contribution >= 0.6 is 0 Å². The van der Waals surface area contributed by atoms with Gasteiger partial charge in [-0.3, -0.25) is 40.2 Å². The van der Waals surface area contributed by atoms with Gasteiger partial charge in [0.2, 0.25) is 0 Å². The van der Waals surface area contributed by atoms with Gasteiger partial charge in [-0.15, -0.1) is 0 Å². The van der Waals surface area contributed by atoms with E-state index in [1.807, 2.05) is 0 Å². The first-order valence-corrected chi connectivity index (χ1v) is 17.6. The molecule has 0 spiro atoms. The van der Waals surface area contributed by atoms with Crippen LogP contribution in [0.4, 0.5) is 0 Å². The van der Waals surface area contributed by atoms with E-state index in [9.17, 15) is 0 Å². The first kappa shape index (κ1) is 70.8. The summed E-state index contributed by atoms with van der Waals surface area (Å²) in [5.74, 6) is 0. The van der Waals surface area contributed by atoms with Crippen molar-refractivity contribution in [1.29, 1.82) is 0 Å². The van der Waals surface area contributed by atoms with Gasteiger partial charge in [0.25, 0.3) is 0 Å². The Balaban J connectivity index is -0.0000000238. The van der Waals surface area contributed by atoms with Crippen molar-refractivity contribution in [3.8, 4) is 0 Å². The minimum atomic E-state index is -3.13. The van der Waals surface area contributed by atoms with Gasteiger partial charge in [-0.1, -0.05) is 0 Å². The molecule has 0 fully saturated rings. The van der Waals surface area contributed by atoms with E-state index in [1.165, 1.54) is 0 Å².